The molecule has 0 saturated heterocycles. The third-order valence-corrected chi connectivity index (χ3v) is 4.42. The van der Waals surface area contributed by atoms with E-state index in [9.17, 15) is 5.11 Å². The van der Waals surface area contributed by atoms with E-state index < -0.39 is 0 Å². The Morgan fingerprint density at radius 2 is 2.09 bits per heavy atom. The third-order valence-electron chi connectivity index (χ3n) is 4.42. The van der Waals surface area contributed by atoms with Gasteiger partial charge in [-0.05, 0) is 29.5 Å². The molecule has 0 spiro atoms. The zero-order chi connectivity index (χ0) is 15.7. The summed E-state index contributed by atoms with van der Waals surface area (Å²) in [6, 6.07) is 8.12. The van der Waals surface area contributed by atoms with E-state index in [-0.39, 0.29) is 11.5 Å². The number of rotatable bonds is 3. The highest BCUT2D eigenvalue weighted by molar-refractivity contribution is 5.78. The molecule has 2 N–H and O–H groups in total. The number of aliphatic hydroxyl groups is 1. The number of para-hydroxylation sites is 2. The summed E-state index contributed by atoms with van der Waals surface area (Å²) in [4.78, 5) is 10.4. The molecular formula is C18H25N3O. The van der Waals surface area contributed by atoms with Crippen LogP contribution in [0.3, 0.4) is 0 Å². The van der Waals surface area contributed by atoms with Crippen LogP contribution in [0.15, 0.2) is 30.3 Å². The Balaban J connectivity index is 1.68. The summed E-state index contributed by atoms with van der Waals surface area (Å²) in [6.45, 7) is 8.81. The van der Waals surface area contributed by atoms with Gasteiger partial charge in [-0.1, -0.05) is 39.0 Å². The zero-order valence-corrected chi connectivity index (χ0v) is 13.6. The SMILES string of the molecule is CC(C)(C)C(O)CN1CC=C(c2nc3ccccc3[nH]2)CC1. The van der Waals surface area contributed by atoms with E-state index in [4.69, 9.17) is 0 Å². The van der Waals surface area contributed by atoms with Gasteiger partial charge < -0.3 is 10.1 Å². The molecule has 118 valence electrons. The molecule has 0 bridgehead atoms. The Hall–Kier alpha value is -1.65. The molecular weight excluding hydrogens is 274 g/mol. The van der Waals surface area contributed by atoms with Crippen molar-refractivity contribution in [3.8, 4) is 0 Å². The number of nitrogens with zero attached hydrogens (tertiary/aromatic N) is 2. The fourth-order valence-electron chi connectivity index (χ4n) is 2.72. The lowest BCUT2D eigenvalue weighted by Gasteiger charge is -2.33. The molecule has 0 fully saturated rings. The molecule has 4 heteroatoms. The van der Waals surface area contributed by atoms with Gasteiger partial charge in [-0.15, -0.1) is 0 Å². The Morgan fingerprint density at radius 3 is 2.73 bits per heavy atom. The number of nitrogens with one attached hydrogen (secondary N) is 1. The molecule has 1 aliphatic heterocycles. The normalized spacial score (nSPS) is 18.5. The van der Waals surface area contributed by atoms with Crippen molar-refractivity contribution in [1.29, 1.82) is 0 Å². The molecule has 1 aromatic heterocycles. The average Bonchev–Trinajstić information content (AvgIpc) is 2.91. The maximum atomic E-state index is 10.2. The maximum Gasteiger partial charge on any atom is 0.134 e. The quantitative estimate of drug-likeness (QED) is 0.916. The topological polar surface area (TPSA) is 52.1 Å². The van der Waals surface area contributed by atoms with Crippen LogP contribution in [0, 0.1) is 5.41 Å². The summed E-state index contributed by atoms with van der Waals surface area (Å²) >= 11 is 0. The minimum absolute atomic E-state index is 0.0667. The summed E-state index contributed by atoms with van der Waals surface area (Å²) < 4.78 is 0. The minimum atomic E-state index is -0.298. The van der Waals surface area contributed by atoms with Crippen molar-refractivity contribution in [2.24, 2.45) is 5.41 Å². The summed E-state index contributed by atoms with van der Waals surface area (Å²) in [7, 11) is 0. The molecule has 4 nitrogen and oxygen atoms in total. The number of hydrogen-bond acceptors (Lipinski definition) is 3. The first-order chi connectivity index (χ1) is 10.4. The summed E-state index contributed by atoms with van der Waals surface area (Å²) in [6.07, 6.45) is 2.90. The largest absolute Gasteiger partial charge is 0.391 e. The van der Waals surface area contributed by atoms with Gasteiger partial charge in [0.15, 0.2) is 0 Å². The zero-order valence-electron chi connectivity index (χ0n) is 13.6. The Labute approximate surface area is 131 Å². The van der Waals surface area contributed by atoms with Crippen LogP contribution >= 0.6 is 0 Å². The van der Waals surface area contributed by atoms with E-state index in [2.05, 4.69) is 47.8 Å². The number of β-amino-alcohol motifs (C(OH)–C–C–N with tert-alkyl or cyclic N) is 1. The molecule has 2 heterocycles. The van der Waals surface area contributed by atoms with Gasteiger partial charge in [0.25, 0.3) is 0 Å². The van der Waals surface area contributed by atoms with E-state index in [0.717, 1.165) is 42.9 Å². The van der Waals surface area contributed by atoms with Gasteiger partial charge in [0.1, 0.15) is 5.82 Å². The van der Waals surface area contributed by atoms with E-state index in [1.54, 1.807) is 0 Å². The Kier molecular flexibility index (Phi) is 4.06. The van der Waals surface area contributed by atoms with Crippen LogP contribution in [0.5, 0.6) is 0 Å². The first kappa shape index (κ1) is 15.3. The minimum Gasteiger partial charge on any atom is -0.391 e. The fourth-order valence-corrected chi connectivity index (χ4v) is 2.72. The van der Waals surface area contributed by atoms with E-state index >= 15 is 0 Å². The number of H-pyrrole nitrogens is 1. The number of fused-ring (bicyclic) bond motifs is 1. The van der Waals surface area contributed by atoms with Gasteiger partial charge in [-0.25, -0.2) is 4.98 Å². The van der Waals surface area contributed by atoms with Crippen LogP contribution in [0.4, 0.5) is 0 Å². The van der Waals surface area contributed by atoms with Gasteiger partial charge in [0.2, 0.25) is 0 Å². The lowest BCUT2D eigenvalue weighted by molar-refractivity contribution is 0.0311. The summed E-state index contributed by atoms with van der Waals surface area (Å²) in [5, 5.41) is 10.2. The Morgan fingerprint density at radius 1 is 1.32 bits per heavy atom. The van der Waals surface area contributed by atoms with Crippen molar-refractivity contribution in [3.63, 3.8) is 0 Å². The van der Waals surface area contributed by atoms with Gasteiger partial charge >= 0.3 is 0 Å². The lowest BCUT2D eigenvalue weighted by atomic mass is 9.88. The van der Waals surface area contributed by atoms with Crippen molar-refractivity contribution < 1.29 is 5.11 Å². The van der Waals surface area contributed by atoms with Crippen LogP contribution in [-0.4, -0.2) is 45.7 Å². The van der Waals surface area contributed by atoms with Crippen LogP contribution in [0.25, 0.3) is 16.6 Å². The number of benzene rings is 1. The number of imidazole rings is 1. The molecule has 0 saturated carbocycles. The van der Waals surface area contributed by atoms with E-state index in [1.165, 1.54) is 5.57 Å². The molecule has 22 heavy (non-hydrogen) atoms. The second-order valence-electron chi connectivity index (χ2n) is 7.22. The van der Waals surface area contributed by atoms with Crippen molar-refractivity contribution in [3.05, 3.63) is 36.2 Å². The van der Waals surface area contributed by atoms with Crippen molar-refractivity contribution in [2.45, 2.75) is 33.3 Å². The van der Waals surface area contributed by atoms with E-state index in [1.807, 2.05) is 18.2 Å². The Bertz CT molecular complexity index is 648. The lowest BCUT2D eigenvalue weighted by Crippen LogP contribution is -2.41. The highest BCUT2D eigenvalue weighted by Gasteiger charge is 2.25. The molecule has 1 aromatic carbocycles. The summed E-state index contributed by atoms with van der Waals surface area (Å²) in [5.41, 5.74) is 3.31. The number of aromatic nitrogens is 2. The van der Waals surface area contributed by atoms with Crippen molar-refractivity contribution in [2.75, 3.05) is 19.6 Å². The van der Waals surface area contributed by atoms with Crippen molar-refractivity contribution >= 4 is 16.6 Å². The van der Waals surface area contributed by atoms with Crippen LogP contribution in [-0.2, 0) is 0 Å². The number of aromatic amines is 1. The second-order valence-corrected chi connectivity index (χ2v) is 7.22. The second kappa shape index (κ2) is 5.86. The van der Waals surface area contributed by atoms with Gasteiger partial charge in [0, 0.05) is 19.6 Å². The number of aliphatic hydroxyl groups excluding tert-OH is 1. The maximum absolute atomic E-state index is 10.2. The van der Waals surface area contributed by atoms with Crippen LogP contribution in [0.2, 0.25) is 0 Å². The highest BCUT2D eigenvalue weighted by atomic mass is 16.3. The van der Waals surface area contributed by atoms with Gasteiger partial charge in [-0.2, -0.15) is 0 Å². The third kappa shape index (κ3) is 3.23. The van der Waals surface area contributed by atoms with Gasteiger partial charge in [0.05, 0.1) is 17.1 Å². The standard InChI is InChI=1S/C18H25N3O/c1-18(2,3)16(22)12-21-10-8-13(9-11-21)17-19-14-6-4-5-7-15(14)20-17/h4-8,16,22H,9-12H2,1-3H3,(H,19,20). The number of hydrogen-bond donors (Lipinski definition) is 2. The van der Waals surface area contributed by atoms with Crippen LogP contribution < -0.4 is 0 Å². The molecule has 0 radical (unpaired) electrons. The van der Waals surface area contributed by atoms with Gasteiger partial charge in [-0.3, -0.25) is 4.90 Å². The smallest absolute Gasteiger partial charge is 0.134 e. The van der Waals surface area contributed by atoms with Crippen LogP contribution in [0.1, 0.15) is 33.0 Å². The molecule has 0 aliphatic carbocycles. The molecule has 1 atom stereocenters. The molecule has 1 unspecified atom stereocenters. The monoisotopic (exact) mass is 299 g/mol. The summed E-state index contributed by atoms with van der Waals surface area (Å²) in [5.74, 6) is 0.984. The molecule has 0 amide bonds. The van der Waals surface area contributed by atoms with E-state index in [0.29, 0.717) is 0 Å². The predicted octanol–water partition coefficient (Wildman–Crippen LogP) is 3.06. The highest BCUT2D eigenvalue weighted by Crippen LogP contribution is 2.25. The molecule has 1 aliphatic rings. The predicted molar refractivity (Wildman–Crippen MR) is 90.6 cm³/mol. The first-order valence-corrected chi connectivity index (χ1v) is 7.98. The molecule has 3 rings (SSSR count). The van der Waals surface area contributed by atoms with Crippen molar-refractivity contribution in [1.82, 2.24) is 14.9 Å². The fraction of sp³-hybridized carbons (Fsp3) is 0.500. The first-order valence-electron chi connectivity index (χ1n) is 7.98. The average molecular weight is 299 g/mol. The molecule has 2 aromatic rings.